The van der Waals surface area contributed by atoms with E-state index in [1.165, 1.54) is 5.56 Å². The Morgan fingerprint density at radius 2 is 1.79 bits per heavy atom. The molecule has 0 aliphatic carbocycles. The highest BCUT2D eigenvalue weighted by atomic mass is 16.5. The van der Waals surface area contributed by atoms with Crippen LogP contribution in [0.25, 0.3) is 5.69 Å². The Bertz CT molecular complexity index is 713. The van der Waals surface area contributed by atoms with Crippen LogP contribution in [0.15, 0.2) is 24.3 Å². The second-order valence-electron chi connectivity index (χ2n) is 6.13. The lowest BCUT2D eigenvalue weighted by molar-refractivity contribution is 0.0301. The molecule has 1 fully saturated rings. The summed E-state index contributed by atoms with van der Waals surface area (Å²) in [4.78, 5) is 15.0. The zero-order valence-electron chi connectivity index (χ0n) is 14.7. The van der Waals surface area contributed by atoms with Crippen LogP contribution in [-0.4, -0.2) is 46.9 Å². The third kappa shape index (κ3) is 3.08. The summed E-state index contributed by atoms with van der Waals surface area (Å²) in [5.41, 5.74) is 4.87. The molecule has 128 valence electrons. The van der Waals surface area contributed by atoms with Gasteiger partial charge in [0.1, 0.15) is 0 Å². The average molecular weight is 327 g/mol. The van der Waals surface area contributed by atoms with E-state index in [1.54, 1.807) is 0 Å². The number of carbonyl (C=O) groups is 1. The molecule has 1 saturated heterocycles. The number of hydrogen-bond donors (Lipinski definition) is 0. The van der Waals surface area contributed by atoms with Gasteiger partial charge in [-0.25, -0.2) is 4.68 Å². The summed E-state index contributed by atoms with van der Waals surface area (Å²) >= 11 is 0. The van der Waals surface area contributed by atoms with Crippen molar-refractivity contribution in [3.63, 3.8) is 0 Å². The molecule has 5 heteroatoms. The van der Waals surface area contributed by atoms with E-state index >= 15 is 0 Å². The topological polar surface area (TPSA) is 47.4 Å². The van der Waals surface area contributed by atoms with Crippen LogP contribution >= 0.6 is 0 Å². The van der Waals surface area contributed by atoms with Gasteiger partial charge >= 0.3 is 0 Å². The fraction of sp³-hybridized carbons (Fsp3) is 0.474. The third-order valence-corrected chi connectivity index (χ3v) is 4.51. The Morgan fingerprint density at radius 3 is 2.38 bits per heavy atom. The van der Waals surface area contributed by atoms with E-state index in [-0.39, 0.29) is 5.91 Å². The van der Waals surface area contributed by atoms with Crippen LogP contribution in [0.1, 0.15) is 41.2 Å². The lowest BCUT2D eigenvalue weighted by atomic mass is 10.1. The minimum atomic E-state index is 0.0883. The second-order valence-corrected chi connectivity index (χ2v) is 6.13. The monoisotopic (exact) mass is 327 g/mol. The molecule has 1 aromatic heterocycles. The van der Waals surface area contributed by atoms with Gasteiger partial charge in [-0.1, -0.05) is 31.5 Å². The van der Waals surface area contributed by atoms with E-state index in [9.17, 15) is 4.79 Å². The molecular weight excluding hydrogens is 302 g/mol. The Labute approximate surface area is 143 Å². The zero-order valence-corrected chi connectivity index (χ0v) is 14.7. The Hall–Kier alpha value is -2.14. The molecule has 0 spiro atoms. The van der Waals surface area contributed by atoms with Crippen molar-refractivity contribution < 1.29 is 9.53 Å². The molecule has 0 unspecified atom stereocenters. The molecular formula is C19H25N3O2. The molecule has 0 radical (unpaired) electrons. The molecule has 3 rings (SSSR count). The number of benzene rings is 1. The number of morpholine rings is 1. The maximum absolute atomic E-state index is 13.1. The molecule has 0 N–H and O–H groups in total. The highest BCUT2D eigenvalue weighted by molar-refractivity contribution is 5.96. The molecule has 24 heavy (non-hydrogen) atoms. The summed E-state index contributed by atoms with van der Waals surface area (Å²) in [6.07, 6.45) is 1.52. The summed E-state index contributed by atoms with van der Waals surface area (Å²) in [5.74, 6) is 0.0883. The summed E-state index contributed by atoms with van der Waals surface area (Å²) in [5, 5.41) is 4.75. The van der Waals surface area contributed by atoms with Crippen LogP contribution in [0.5, 0.6) is 0 Å². The fourth-order valence-corrected chi connectivity index (χ4v) is 3.15. The van der Waals surface area contributed by atoms with Crippen molar-refractivity contribution in [3.8, 4) is 5.69 Å². The fourth-order valence-electron chi connectivity index (χ4n) is 3.15. The molecule has 1 aliphatic rings. The number of aromatic nitrogens is 2. The van der Waals surface area contributed by atoms with E-state index in [0.29, 0.717) is 26.3 Å². The van der Waals surface area contributed by atoms with Crippen molar-refractivity contribution in [1.82, 2.24) is 14.7 Å². The Balaban J connectivity index is 2.04. The lowest BCUT2D eigenvalue weighted by Crippen LogP contribution is -2.41. The lowest BCUT2D eigenvalue weighted by Gasteiger charge is -2.27. The number of amides is 1. The van der Waals surface area contributed by atoms with Crippen LogP contribution in [0.2, 0.25) is 0 Å². The van der Waals surface area contributed by atoms with Crippen molar-refractivity contribution in [2.24, 2.45) is 0 Å². The number of carbonyl (C=O) groups excluding carboxylic acids is 1. The maximum Gasteiger partial charge on any atom is 0.257 e. The van der Waals surface area contributed by atoms with Crippen LogP contribution in [-0.2, 0) is 17.6 Å². The first-order chi connectivity index (χ1) is 11.7. The van der Waals surface area contributed by atoms with Gasteiger partial charge in [-0.3, -0.25) is 4.79 Å². The number of aryl methyl sites for hydroxylation is 2. The maximum atomic E-state index is 13.1. The number of hydrogen-bond acceptors (Lipinski definition) is 3. The van der Waals surface area contributed by atoms with Crippen molar-refractivity contribution in [2.75, 3.05) is 26.3 Å². The molecule has 2 heterocycles. The molecule has 1 amide bonds. The third-order valence-electron chi connectivity index (χ3n) is 4.51. The molecule has 0 bridgehead atoms. The minimum absolute atomic E-state index is 0.0883. The summed E-state index contributed by atoms with van der Waals surface area (Å²) in [7, 11) is 0. The van der Waals surface area contributed by atoms with Gasteiger partial charge in [0.2, 0.25) is 0 Å². The molecule has 0 atom stereocenters. The summed E-state index contributed by atoms with van der Waals surface area (Å²) in [6.45, 7) is 8.73. The Morgan fingerprint density at radius 1 is 1.12 bits per heavy atom. The van der Waals surface area contributed by atoms with Crippen LogP contribution < -0.4 is 0 Å². The van der Waals surface area contributed by atoms with Gasteiger partial charge in [-0.2, -0.15) is 5.10 Å². The molecule has 1 aliphatic heterocycles. The van der Waals surface area contributed by atoms with Gasteiger partial charge < -0.3 is 9.64 Å². The SMILES string of the molecule is CCc1nn(-c2ccc(C)cc2)c(CC)c1C(=O)N1CCOCC1. The van der Waals surface area contributed by atoms with Gasteiger partial charge in [0.25, 0.3) is 5.91 Å². The van der Waals surface area contributed by atoms with E-state index in [2.05, 4.69) is 45.0 Å². The van der Waals surface area contributed by atoms with Crippen molar-refractivity contribution in [2.45, 2.75) is 33.6 Å². The first-order valence-corrected chi connectivity index (χ1v) is 8.70. The smallest absolute Gasteiger partial charge is 0.257 e. The van der Waals surface area contributed by atoms with E-state index in [1.807, 2.05) is 9.58 Å². The van der Waals surface area contributed by atoms with Gasteiger partial charge in [0.15, 0.2) is 0 Å². The van der Waals surface area contributed by atoms with Crippen molar-refractivity contribution in [1.29, 1.82) is 0 Å². The van der Waals surface area contributed by atoms with Gasteiger partial charge in [-0.05, 0) is 31.9 Å². The molecule has 5 nitrogen and oxygen atoms in total. The first-order valence-electron chi connectivity index (χ1n) is 8.70. The van der Waals surface area contributed by atoms with Gasteiger partial charge in [0, 0.05) is 13.1 Å². The largest absolute Gasteiger partial charge is 0.378 e. The standard InChI is InChI=1S/C19H25N3O2/c1-4-16-18(19(23)21-10-12-24-13-11-21)17(5-2)22(20-16)15-8-6-14(3)7-9-15/h6-9H,4-5,10-13H2,1-3H3. The second kappa shape index (κ2) is 7.18. The van der Waals surface area contributed by atoms with Crippen LogP contribution in [0.3, 0.4) is 0 Å². The predicted octanol–water partition coefficient (Wildman–Crippen LogP) is 2.78. The Kier molecular flexibility index (Phi) is 5.00. The van der Waals surface area contributed by atoms with E-state index in [4.69, 9.17) is 9.84 Å². The molecule has 1 aromatic carbocycles. The van der Waals surface area contributed by atoms with Crippen molar-refractivity contribution >= 4 is 5.91 Å². The predicted molar refractivity (Wildman–Crippen MR) is 93.8 cm³/mol. The minimum Gasteiger partial charge on any atom is -0.378 e. The quantitative estimate of drug-likeness (QED) is 0.867. The van der Waals surface area contributed by atoms with Crippen molar-refractivity contribution in [3.05, 3.63) is 46.8 Å². The molecule has 0 saturated carbocycles. The highest BCUT2D eigenvalue weighted by Gasteiger charge is 2.27. The highest BCUT2D eigenvalue weighted by Crippen LogP contribution is 2.23. The van der Waals surface area contributed by atoms with E-state index < -0.39 is 0 Å². The van der Waals surface area contributed by atoms with Gasteiger partial charge in [-0.15, -0.1) is 0 Å². The normalized spacial score (nSPS) is 14.9. The number of ether oxygens (including phenoxy) is 1. The van der Waals surface area contributed by atoms with E-state index in [0.717, 1.165) is 35.5 Å². The average Bonchev–Trinajstić information content (AvgIpc) is 3.01. The number of nitrogens with zero attached hydrogens (tertiary/aromatic N) is 3. The molecule has 2 aromatic rings. The first kappa shape index (κ1) is 16.7. The van der Waals surface area contributed by atoms with Gasteiger partial charge in [0.05, 0.1) is 35.9 Å². The zero-order chi connectivity index (χ0) is 17.1. The van der Waals surface area contributed by atoms with Crippen LogP contribution in [0, 0.1) is 6.92 Å². The van der Waals surface area contributed by atoms with Crippen LogP contribution in [0.4, 0.5) is 0 Å². The summed E-state index contributed by atoms with van der Waals surface area (Å²) in [6, 6.07) is 8.27. The number of rotatable bonds is 4. The summed E-state index contributed by atoms with van der Waals surface area (Å²) < 4.78 is 7.31.